The summed E-state index contributed by atoms with van der Waals surface area (Å²) in [5, 5.41) is 15.7. The summed E-state index contributed by atoms with van der Waals surface area (Å²) in [6, 6.07) is 19.6. The second-order valence-electron chi connectivity index (χ2n) is 14.2. The number of benzene rings is 2. The first-order valence-corrected chi connectivity index (χ1v) is 22.8. The van der Waals surface area contributed by atoms with Crippen LogP contribution < -0.4 is 0 Å². The Labute approximate surface area is 397 Å². The zero-order chi connectivity index (χ0) is 47.6. The molecule has 0 spiro atoms. The molecule has 68 heavy (non-hydrogen) atoms. The molecule has 0 radical (unpaired) electrons. The molecule has 0 atom stereocenters. The number of rotatable bonds is 45. The number of esters is 2. The molecule has 0 saturated heterocycles. The predicted octanol–water partition coefficient (Wildman–Crippen LogP) is 2.18. The fraction of sp³-hybridized carbons (Fsp3) is 0.609. The molecule has 2 aromatic carbocycles. The van der Waals surface area contributed by atoms with Crippen molar-refractivity contribution in [2.75, 3.05) is 172 Å². The highest BCUT2D eigenvalue weighted by atomic mass is 16.6. The van der Waals surface area contributed by atoms with Crippen molar-refractivity contribution in [1.82, 2.24) is 30.0 Å². The van der Waals surface area contributed by atoms with Crippen LogP contribution in [0.25, 0.3) is 0 Å². The van der Waals surface area contributed by atoms with Gasteiger partial charge >= 0.3 is 11.9 Å². The molecule has 0 aliphatic heterocycles. The van der Waals surface area contributed by atoms with Crippen LogP contribution in [0.15, 0.2) is 73.1 Å². The van der Waals surface area contributed by atoms with Gasteiger partial charge in [0.15, 0.2) is 11.4 Å². The van der Waals surface area contributed by atoms with Gasteiger partial charge in [0.25, 0.3) is 0 Å². The molecule has 0 aliphatic rings. The molecule has 0 N–H and O–H groups in total. The summed E-state index contributed by atoms with van der Waals surface area (Å²) in [7, 11) is 0. The fourth-order valence-corrected chi connectivity index (χ4v) is 5.53. The number of carbonyl (C=O) groups is 2. The number of carbonyl (C=O) groups excluding carboxylic acids is 2. The monoisotopic (exact) mass is 960 g/mol. The lowest BCUT2D eigenvalue weighted by Gasteiger charge is -2.09. The van der Waals surface area contributed by atoms with Gasteiger partial charge in [-0.1, -0.05) is 71.1 Å². The maximum absolute atomic E-state index is 12.2. The summed E-state index contributed by atoms with van der Waals surface area (Å²) in [6.45, 7) is 11.6. The molecule has 378 valence electrons. The van der Waals surface area contributed by atoms with Crippen molar-refractivity contribution in [2.45, 2.75) is 13.1 Å². The number of ether oxygens (including phenoxy) is 14. The van der Waals surface area contributed by atoms with Crippen LogP contribution in [0, 0.1) is 0 Å². The maximum Gasteiger partial charge on any atom is 0.360 e. The molecular formula is C46H68N6O16. The van der Waals surface area contributed by atoms with Gasteiger partial charge in [-0.05, 0) is 11.1 Å². The third kappa shape index (κ3) is 28.5. The van der Waals surface area contributed by atoms with Gasteiger partial charge in [0.05, 0.1) is 184 Å². The van der Waals surface area contributed by atoms with E-state index in [0.29, 0.717) is 158 Å². The molecule has 2 heterocycles. The van der Waals surface area contributed by atoms with Crippen molar-refractivity contribution in [1.29, 1.82) is 0 Å². The van der Waals surface area contributed by atoms with Gasteiger partial charge in [-0.15, -0.1) is 10.2 Å². The predicted molar refractivity (Wildman–Crippen MR) is 242 cm³/mol. The average molecular weight is 961 g/mol. The van der Waals surface area contributed by atoms with Crippen LogP contribution in [-0.2, 0) is 79.4 Å². The molecule has 0 saturated carbocycles. The zero-order valence-corrected chi connectivity index (χ0v) is 38.9. The number of nitrogens with zero attached hydrogens (tertiary/aromatic N) is 6. The first kappa shape index (κ1) is 55.8. The molecule has 0 bridgehead atoms. The number of hydrogen-bond acceptors (Lipinski definition) is 20. The Morgan fingerprint density at radius 1 is 0.324 bits per heavy atom. The van der Waals surface area contributed by atoms with Crippen molar-refractivity contribution in [3.63, 3.8) is 0 Å². The highest BCUT2D eigenvalue weighted by molar-refractivity contribution is 5.87. The second-order valence-corrected chi connectivity index (χ2v) is 14.2. The summed E-state index contributed by atoms with van der Waals surface area (Å²) in [5.74, 6) is -1.09. The minimum absolute atomic E-state index is 0.107. The van der Waals surface area contributed by atoms with Crippen molar-refractivity contribution in [2.24, 2.45) is 0 Å². The highest BCUT2D eigenvalue weighted by Crippen LogP contribution is 2.05. The third-order valence-electron chi connectivity index (χ3n) is 8.88. The highest BCUT2D eigenvalue weighted by Gasteiger charge is 2.14. The van der Waals surface area contributed by atoms with E-state index < -0.39 is 11.9 Å². The first-order valence-electron chi connectivity index (χ1n) is 22.8. The number of hydrogen-bond donors (Lipinski definition) is 0. The van der Waals surface area contributed by atoms with Crippen LogP contribution >= 0.6 is 0 Å². The van der Waals surface area contributed by atoms with E-state index in [1.165, 1.54) is 0 Å². The van der Waals surface area contributed by atoms with Crippen molar-refractivity contribution >= 4 is 11.9 Å². The van der Waals surface area contributed by atoms with E-state index in [-0.39, 0.29) is 37.8 Å². The zero-order valence-electron chi connectivity index (χ0n) is 38.9. The molecule has 0 unspecified atom stereocenters. The van der Waals surface area contributed by atoms with Gasteiger partial charge in [0, 0.05) is 0 Å². The third-order valence-corrected chi connectivity index (χ3v) is 8.88. The molecule has 4 rings (SSSR count). The van der Waals surface area contributed by atoms with Crippen LogP contribution in [0.2, 0.25) is 0 Å². The lowest BCUT2D eigenvalue weighted by Crippen LogP contribution is -2.16. The first-order chi connectivity index (χ1) is 33.7. The van der Waals surface area contributed by atoms with Crippen molar-refractivity contribution in [3.8, 4) is 0 Å². The van der Waals surface area contributed by atoms with Gasteiger partial charge in [-0.3, -0.25) is 0 Å². The van der Waals surface area contributed by atoms with Gasteiger partial charge < -0.3 is 66.3 Å². The fourth-order valence-electron chi connectivity index (χ4n) is 5.53. The standard InChI is InChI=1S/C46H68N6O16/c53-45(43-39-51(49-47-43)37-41-7-3-1-4-8-41)67-35-33-65-31-29-63-27-25-61-23-21-59-19-17-57-15-13-55-11-12-56-14-16-58-18-20-60-22-24-62-26-28-64-30-32-66-34-36-68-46(54)44-40-52(50-48-44)38-42-9-5-2-6-10-42/h1-10,39-40H,11-38H2. The maximum atomic E-state index is 12.2. The Morgan fingerprint density at radius 3 is 0.779 bits per heavy atom. The van der Waals surface area contributed by atoms with E-state index in [9.17, 15) is 9.59 Å². The molecule has 22 heteroatoms. The van der Waals surface area contributed by atoms with Crippen molar-refractivity contribution < 1.29 is 75.9 Å². The second kappa shape index (κ2) is 39.1. The molecule has 22 nitrogen and oxygen atoms in total. The Kier molecular flexibility index (Phi) is 32.0. The minimum Gasteiger partial charge on any atom is -0.458 e. The lowest BCUT2D eigenvalue weighted by molar-refractivity contribution is -0.0291. The minimum atomic E-state index is -0.544. The van der Waals surface area contributed by atoms with Gasteiger partial charge in [0.2, 0.25) is 0 Å². The van der Waals surface area contributed by atoms with Crippen LogP contribution in [0.3, 0.4) is 0 Å². The van der Waals surface area contributed by atoms with E-state index in [4.69, 9.17) is 66.3 Å². The van der Waals surface area contributed by atoms with E-state index >= 15 is 0 Å². The van der Waals surface area contributed by atoms with E-state index in [1.807, 2.05) is 60.7 Å². The summed E-state index contributed by atoms with van der Waals surface area (Å²) in [5.41, 5.74) is 2.42. The Morgan fingerprint density at radius 2 is 0.544 bits per heavy atom. The summed E-state index contributed by atoms with van der Waals surface area (Å²) < 4.78 is 79.4. The molecule has 0 amide bonds. The van der Waals surface area contributed by atoms with Gasteiger partial charge in [-0.2, -0.15) is 0 Å². The van der Waals surface area contributed by atoms with Crippen LogP contribution in [0.4, 0.5) is 0 Å². The number of aromatic nitrogens is 6. The van der Waals surface area contributed by atoms with Crippen LogP contribution in [-0.4, -0.2) is 214 Å². The Hall–Kier alpha value is -4.82. The van der Waals surface area contributed by atoms with Gasteiger partial charge in [-0.25, -0.2) is 19.0 Å². The molecule has 2 aromatic heterocycles. The Bertz CT molecular complexity index is 1680. The van der Waals surface area contributed by atoms with E-state index in [0.717, 1.165) is 11.1 Å². The summed E-state index contributed by atoms with van der Waals surface area (Å²) >= 11 is 0. The molecule has 0 fully saturated rings. The molecule has 0 aliphatic carbocycles. The lowest BCUT2D eigenvalue weighted by atomic mass is 10.2. The summed E-state index contributed by atoms with van der Waals surface area (Å²) in [4.78, 5) is 24.3. The summed E-state index contributed by atoms with van der Waals surface area (Å²) in [6.07, 6.45) is 3.12. The topological polar surface area (TPSA) is 225 Å². The SMILES string of the molecule is O=C(OCCOCCOCCOCCOCCOCCOCCOCCOCCOCCOCCOCCOCCOC(=O)c1cn(Cc2ccccc2)nn1)c1cn(Cc2ccccc2)nn1. The molecular weight excluding hydrogens is 893 g/mol. The molecule has 4 aromatic rings. The smallest absolute Gasteiger partial charge is 0.360 e. The Balaban J connectivity index is 0.748. The van der Waals surface area contributed by atoms with Crippen LogP contribution in [0.5, 0.6) is 0 Å². The normalized spacial score (nSPS) is 11.4. The quantitative estimate of drug-likeness (QED) is 0.0457. The largest absolute Gasteiger partial charge is 0.458 e. The van der Waals surface area contributed by atoms with Gasteiger partial charge in [0.1, 0.15) is 13.2 Å². The van der Waals surface area contributed by atoms with Crippen LogP contribution in [0.1, 0.15) is 32.1 Å². The van der Waals surface area contributed by atoms with E-state index in [1.54, 1.807) is 21.8 Å². The average Bonchev–Trinajstić information content (AvgIpc) is 4.04. The van der Waals surface area contributed by atoms with Crippen molar-refractivity contribution in [3.05, 3.63) is 95.6 Å². The van der Waals surface area contributed by atoms with E-state index in [2.05, 4.69) is 20.6 Å².